The molecule has 5 nitrogen and oxygen atoms in total. The number of hydrogen-bond acceptors (Lipinski definition) is 4. The SMILES string of the molecule is CCCC[N+]1(CBr)C2CC(OC(=O)C(CO)c3ccccc3)CC1C1OC12. The lowest BCUT2D eigenvalue weighted by atomic mass is 9.94. The molecule has 3 heterocycles. The molecule has 3 aliphatic rings. The molecule has 27 heavy (non-hydrogen) atoms. The Kier molecular flexibility index (Phi) is 5.61. The molecule has 0 saturated carbocycles. The molecule has 5 unspecified atom stereocenters. The second kappa shape index (κ2) is 7.82. The van der Waals surface area contributed by atoms with E-state index < -0.39 is 5.92 Å². The van der Waals surface area contributed by atoms with Crippen LogP contribution in [0, 0.1) is 0 Å². The smallest absolute Gasteiger partial charge is 0.316 e. The summed E-state index contributed by atoms with van der Waals surface area (Å²) in [5, 5.41) is 9.73. The van der Waals surface area contributed by atoms with Crippen LogP contribution >= 0.6 is 15.9 Å². The van der Waals surface area contributed by atoms with Crippen LogP contribution in [0.5, 0.6) is 0 Å². The maximum absolute atomic E-state index is 12.7. The number of carbonyl (C=O) groups is 1. The lowest BCUT2D eigenvalue weighted by Gasteiger charge is -2.49. The summed E-state index contributed by atoms with van der Waals surface area (Å²) in [4.78, 5) is 12.7. The third-order valence-electron chi connectivity index (χ3n) is 6.75. The summed E-state index contributed by atoms with van der Waals surface area (Å²) in [6, 6.07) is 10.2. The van der Waals surface area contributed by atoms with Crippen molar-refractivity contribution in [3.8, 4) is 0 Å². The van der Waals surface area contributed by atoms with Gasteiger partial charge < -0.3 is 19.1 Å². The lowest BCUT2D eigenvalue weighted by Crippen LogP contribution is -2.64. The first-order chi connectivity index (χ1) is 13.1. The number of halogens is 1. The van der Waals surface area contributed by atoms with Gasteiger partial charge >= 0.3 is 5.97 Å². The van der Waals surface area contributed by atoms with E-state index in [0.717, 1.165) is 34.9 Å². The number of esters is 1. The molecule has 4 rings (SSSR count). The Morgan fingerprint density at radius 3 is 2.52 bits per heavy atom. The van der Waals surface area contributed by atoms with E-state index in [-0.39, 0.29) is 18.7 Å². The van der Waals surface area contributed by atoms with Crippen LogP contribution in [0.2, 0.25) is 0 Å². The van der Waals surface area contributed by atoms with Crippen LogP contribution in [-0.2, 0) is 14.3 Å². The molecule has 0 radical (unpaired) electrons. The average molecular weight is 439 g/mol. The Bertz CT molecular complexity index is 651. The van der Waals surface area contributed by atoms with Crippen molar-refractivity contribution < 1.29 is 23.9 Å². The number of epoxide rings is 1. The van der Waals surface area contributed by atoms with E-state index >= 15 is 0 Å². The topological polar surface area (TPSA) is 59.1 Å². The second-order valence-corrected chi connectivity index (χ2v) is 8.68. The lowest BCUT2D eigenvalue weighted by molar-refractivity contribution is -0.961. The van der Waals surface area contributed by atoms with Crippen LogP contribution in [0.15, 0.2) is 30.3 Å². The van der Waals surface area contributed by atoms with Gasteiger partial charge in [0.1, 0.15) is 41.8 Å². The van der Waals surface area contributed by atoms with Gasteiger partial charge in [0.25, 0.3) is 0 Å². The van der Waals surface area contributed by atoms with Crippen molar-refractivity contribution in [1.82, 2.24) is 0 Å². The Balaban J connectivity index is 1.45. The molecule has 0 amide bonds. The molecule has 3 aliphatic heterocycles. The van der Waals surface area contributed by atoms with Gasteiger partial charge in [0.05, 0.1) is 13.2 Å². The van der Waals surface area contributed by atoms with E-state index in [2.05, 4.69) is 22.9 Å². The third kappa shape index (κ3) is 3.35. The molecule has 6 heteroatoms. The van der Waals surface area contributed by atoms with Gasteiger partial charge in [0, 0.05) is 12.8 Å². The number of aliphatic hydroxyl groups excluding tert-OH is 1. The number of aliphatic hydroxyl groups is 1. The van der Waals surface area contributed by atoms with Crippen molar-refractivity contribution in [2.75, 3.05) is 18.6 Å². The molecule has 0 aromatic heterocycles. The van der Waals surface area contributed by atoms with Gasteiger partial charge in [-0.3, -0.25) is 4.79 Å². The van der Waals surface area contributed by atoms with E-state index in [4.69, 9.17) is 9.47 Å². The van der Waals surface area contributed by atoms with Crippen LogP contribution < -0.4 is 0 Å². The van der Waals surface area contributed by atoms with Crippen LogP contribution in [0.1, 0.15) is 44.1 Å². The van der Waals surface area contributed by atoms with Gasteiger partial charge in [-0.05, 0) is 27.9 Å². The standard InChI is InChI=1S/C21H29BrNO4/c1-2-3-9-23(13-22)17-10-15(11-18(23)20-19(17)27-20)26-21(25)16(12-24)14-7-5-4-6-8-14/h4-8,15-20,24H,2-3,9-13H2,1H3/q+1. The summed E-state index contributed by atoms with van der Waals surface area (Å²) >= 11 is 3.78. The molecule has 0 aliphatic carbocycles. The summed E-state index contributed by atoms with van der Waals surface area (Å²) < 4.78 is 12.9. The number of fused-ring (bicyclic) bond motifs is 5. The minimum absolute atomic E-state index is 0.0754. The van der Waals surface area contributed by atoms with Crippen molar-refractivity contribution in [1.29, 1.82) is 0 Å². The number of quaternary nitrogens is 1. The van der Waals surface area contributed by atoms with Crippen molar-refractivity contribution in [3.05, 3.63) is 35.9 Å². The molecule has 1 N–H and O–H groups in total. The molecule has 2 bridgehead atoms. The van der Waals surface area contributed by atoms with Crippen LogP contribution in [0.4, 0.5) is 0 Å². The fraction of sp³-hybridized carbons (Fsp3) is 0.667. The van der Waals surface area contributed by atoms with Gasteiger partial charge in [-0.25, -0.2) is 0 Å². The highest BCUT2D eigenvalue weighted by atomic mass is 79.9. The van der Waals surface area contributed by atoms with Crippen LogP contribution in [-0.4, -0.2) is 64.6 Å². The van der Waals surface area contributed by atoms with Crippen LogP contribution in [0.3, 0.4) is 0 Å². The highest BCUT2D eigenvalue weighted by Gasteiger charge is 2.72. The largest absolute Gasteiger partial charge is 0.461 e. The number of hydrogen-bond donors (Lipinski definition) is 1. The van der Waals surface area contributed by atoms with Gasteiger partial charge in [0.15, 0.2) is 0 Å². The predicted octanol–water partition coefficient (Wildman–Crippen LogP) is 2.96. The first-order valence-electron chi connectivity index (χ1n) is 10.1. The van der Waals surface area contributed by atoms with Crippen molar-refractivity contribution in [2.24, 2.45) is 0 Å². The number of rotatable bonds is 8. The zero-order valence-electron chi connectivity index (χ0n) is 15.8. The van der Waals surface area contributed by atoms with Crippen molar-refractivity contribution in [2.45, 2.75) is 68.9 Å². The quantitative estimate of drug-likeness (QED) is 0.223. The molecule has 3 fully saturated rings. The van der Waals surface area contributed by atoms with Crippen LogP contribution in [0.25, 0.3) is 0 Å². The molecule has 5 atom stereocenters. The van der Waals surface area contributed by atoms with E-state index in [0.29, 0.717) is 24.3 Å². The minimum Gasteiger partial charge on any atom is -0.461 e. The van der Waals surface area contributed by atoms with Gasteiger partial charge in [-0.2, -0.15) is 0 Å². The normalized spacial score (nSPS) is 37.5. The monoisotopic (exact) mass is 438 g/mol. The molecular formula is C21H29BrNO4+. The number of ether oxygens (including phenoxy) is 2. The number of benzene rings is 1. The summed E-state index contributed by atoms with van der Waals surface area (Å²) in [6.45, 7) is 3.17. The highest BCUT2D eigenvalue weighted by Crippen LogP contribution is 2.54. The number of carbonyl (C=O) groups excluding carboxylic acids is 1. The molecule has 3 saturated heterocycles. The number of piperidine rings is 1. The number of unbranched alkanes of at least 4 members (excludes halogenated alkanes) is 1. The van der Waals surface area contributed by atoms with Gasteiger partial charge in [-0.1, -0.05) is 43.7 Å². The summed E-state index contributed by atoms with van der Waals surface area (Å²) in [7, 11) is 0. The Labute approximate surface area is 169 Å². The van der Waals surface area contributed by atoms with Gasteiger partial charge in [0.2, 0.25) is 0 Å². The fourth-order valence-corrected chi connectivity index (χ4v) is 6.27. The summed E-state index contributed by atoms with van der Waals surface area (Å²) in [5.74, 6) is -0.915. The number of alkyl halides is 1. The molecule has 1 aromatic rings. The maximum Gasteiger partial charge on any atom is 0.316 e. The Hall–Kier alpha value is -0.950. The second-order valence-electron chi connectivity index (χ2n) is 8.18. The Morgan fingerprint density at radius 1 is 1.30 bits per heavy atom. The fourth-order valence-electron chi connectivity index (χ4n) is 5.27. The first kappa shape index (κ1) is 19.4. The predicted molar refractivity (Wildman–Crippen MR) is 105 cm³/mol. The van der Waals surface area contributed by atoms with E-state index in [9.17, 15) is 9.90 Å². The molecule has 0 spiro atoms. The average Bonchev–Trinajstić information content (AvgIpc) is 3.45. The maximum atomic E-state index is 12.7. The van der Waals surface area contributed by atoms with E-state index in [1.54, 1.807) is 0 Å². The van der Waals surface area contributed by atoms with Gasteiger partial charge in [-0.15, -0.1) is 0 Å². The summed E-state index contributed by atoms with van der Waals surface area (Å²) in [5.41, 5.74) is 1.76. The third-order valence-corrected chi connectivity index (χ3v) is 7.69. The molecule has 1 aromatic carbocycles. The number of morpholine rings is 1. The van der Waals surface area contributed by atoms with Crippen molar-refractivity contribution >= 4 is 21.9 Å². The summed E-state index contributed by atoms with van der Waals surface area (Å²) in [6.07, 6.45) is 4.69. The minimum atomic E-state index is -0.605. The van der Waals surface area contributed by atoms with Crippen molar-refractivity contribution in [3.63, 3.8) is 0 Å². The Morgan fingerprint density at radius 2 is 1.96 bits per heavy atom. The van der Waals surface area contributed by atoms with E-state index in [1.807, 2.05) is 30.3 Å². The molecule has 148 valence electrons. The zero-order chi connectivity index (χ0) is 19.0. The zero-order valence-corrected chi connectivity index (χ0v) is 17.4. The number of nitrogens with zero attached hydrogens (tertiary/aromatic N) is 1. The van der Waals surface area contributed by atoms with E-state index in [1.165, 1.54) is 12.8 Å². The first-order valence-corrected chi connectivity index (χ1v) is 11.2. The molecular weight excluding hydrogens is 410 g/mol. The highest BCUT2D eigenvalue weighted by molar-refractivity contribution is 9.09.